The first kappa shape index (κ1) is 28.0. The van der Waals surface area contributed by atoms with Crippen LogP contribution in [0.4, 0.5) is 0 Å². The summed E-state index contributed by atoms with van der Waals surface area (Å²) in [6.07, 6.45) is 3.97. The van der Waals surface area contributed by atoms with Gasteiger partial charge in [-0.25, -0.2) is 0 Å². The molecule has 1 saturated carbocycles. The summed E-state index contributed by atoms with van der Waals surface area (Å²) in [5, 5.41) is 0. The summed E-state index contributed by atoms with van der Waals surface area (Å²) >= 11 is 0. The molecule has 1 saturated heterocycles. The normalized spacial score (nSPS) is 22.0. The molecule has 1 aliphatic carbocycles. The third kappa shape index (κ3) is 5.09. The molecule has 8 nitrogen and oxygen atoms in total. The Morgan fingerprint density at radius 3 is 2.51 bits per heavy atom. The number of methoxy groups -OCH3 is 1. The Labute approximate surface area is 241 Å². The standard InChI is InChI=1S/C32H37NO7S/c1-20-6-12-24(13-7-20)41(34,35)39-28-18-23(36-5)11-15-27(28)32-19-37-29-25(16-17-31(3,4)22-9-10-22)21(2)8-14-26(29)30(32)38-33-40-32/h6-8,11-15,18,22,30,33H,9-10,16-17,19H2,1-5H3. The van der Waals surface area contributed by atoms with Gasteiger partial charge in [0.1, 0.15) is 29.1 Å². The summed E-state index contributed by atoms with van der Waals surface area (Å²) in [5.41, 5.74) is 6.26. The quantitative estimate of drug-likeness (QED) is 0.298. The van der Waals surface area contributed by atoms with E-state index in [0.29, 0.717) is 11.3 Å². The molecule has 0 bridgehead atoms. The second kappa shape index (κ2) is 10.3. The van der Waals surface area contributed by atoms with Crippen LogP contribution in [0.1, 0.15) is 67.0 Å². The van der Waals surface area contributed by atoms with E-state index in [9.17, 15) is 8.42 Å². The molecular weight excluding hydrogens is 542 g/mol. The van der Waals surface area contributed by atoms with E-state index in [1.54, 1.807) is 30.3 Å². The van der Waals surface area contributed by atoms with Crippen LogP contribution < -0.4 is 19.3 Å². The number of benzene rings is 3. The summed E-state index contributed by atoms with van der Waals surface area (Å²) in [7, 11) is -2.64. The van der Waals surface area contributed by atoms with E-state index in [1.165, 1.54) is 43.2 Å². The lowest BCUT2D eigenvalue weighted by Gasteiger charge is -2.38. The molecule has 2 unspecified atom stereocenters. The first-order chi connectivity index (χ1) is 19.5. The first-order valence-corrected chi connectivity index (χ1v) is 15.5. The lowest BCUT2D eigenvalue weighted by Crippen LogP contribution is -2.42. The predicted molar refractivity (Wildman–Crippen MR) is 153 cm³/mol. The molecule has 218 valence electrons. The molecule has 2 atom stereocenters. The average molecular weight is 580 g/mol. The van der Waals surface area contributed by atoms with Gasteiger partial charge in [0.2, 0.25) is 0 Å². The number of rotatable bonds is 9. The number of hydrogen-bond donors (Lipinski definition) is 1. The maximum absolute atomic E-state index is 13.3. The molecule has 3 aromatic carbocycles. The van der Waals surface area contributed by atoms with E-state index in [4.69, 9.17) is 23.3 Å². The van der Waals surface area contributed by atoms with E-state index >= 15 is 0 Å². The van der Waals surface area contributed by atoms with Crippen molar-refractivity contribution in [3.8, 4) is 17.2 Å². The Hall–Kier alpha value is -3.11. The lowest BCUT2D eigenvalue weighted by atomic mass is 9.78. The highest BCUT2D eigenvalue weighted by atomic mass is 32.2. The largest absolute Gasteiger partial charge is 0.497 e. The third-order valence-electron chi connectivity index (χ3n) is 8.91. The van der Waals surface area contributed by atoms with Crippen LogP contribution >= 0.6 is 0 Å². The van der Waals surface area contributed by atoms with Crippen LogP contribution in [0.2, 0.25) is 0 Å². The van der Waals surface area contributed by atoms with Gasteiger partial charge >= 0.3 is 10.1 Å². The zero-order valence-corrected chi connectivity index (χ0v) is 25.0. The van der Waals surface area contributed by atoms with Gasteiger partial charge in [0, 0.05) is 17.2 Å². The highest BCUT2D eigenvalue weighted by molar-refractivity contribution is 7.87. The van der Waals surface area contributed by atoms with Crippen LogP contribution in [0.15, 0.2) is 59.5 Å². The maximum atomic E-state index is 13.3. The van der Waals surface area contributed by atoms with E-state index < -0.39 is 21.8 Å². The predicted octanol–water partition coefficient (Wildman–Crippen LogP) is 6.24. The van der Waals surface area contributed by atoms with Crippen molar-refractivity contribution in [2.24, 2.45) is 11.3 Å². The molecular formula is C32H37NO7S. The van der Waals surface area contributed by atoms with Crippen molar-refractivity contribution in [2.75, 3.05) is 13.7 Å². The fourth-order valence-corrected chi connectivity index (χ4v) is 6.98. The van der Waals surface area contributed by atoms with Gasteiger partial charge in [0.25, 0.3) is 0 Å². The first-order valence-electron chi connectivity index (χ1n) is 14.1. The molecule has 0 spiro atoms. The summed E-state index contributed by atoms with van der Waals surface area (Å²) in [6, 6.07) is 15.6. The smallest absolute Gasteiger partial charge is 0.339 e. The maximum Gasteiger partial charge on any atom is 0.339 e. The van der Waals surface area contributed by atoms with Crippen molar-refractivity contribution in [2.45, 2.75) is 70.0 Å². The van der Waals surface area contributed by atoms with Crippen molar-refractivity contribution in [3.05, 3.63) is 82.4 Å². The number of ether oxygens (including phenoxy) is 2. The van der Waals surface area contributed by atoms with Crippen LogP contribution in [0.3, 0.4) is 0 Å². The molecule has 2 aliphatic heterocycles. The summed E-state index contributed by atoms with van der Waals surface area (Å²) < 4.78 is 44.4. The number of fused-ring (bicyclic) bond motifs is 3. The molecule has 1 N–H and O–H groups in total. The SMILES string of the molecule is COc1ccc(C23COc4c(ccc(C)c4CCC(C)(C)C4CC4)C2ONO3)c(OS(=O)(=O)c2ccc(C)cc2)c1. The van der Waals surface area contributed by atoms with Gasteiger partial charge in [-0.3, -0.25) is 9.68 Å². The Morgan fingerprint density at radius 1 is 1.05 bits per heavy atom. The number of hydrogen-bond acceptors (Lipinski definition) is 8. The van der Waals surface area contributed by atoms with E-state index in [2.05, 4.69) is 32.5 Å². The minimum atomic E-state index is -4.16. The zero-order chi connectivity index (χ0) is 29.0. The fraction of sp³-hybridized carbons (Fsp3) is 0.438. The van der Waals surface area contributed by atoms with Crippen molar-refractivity contribution < 1.29 is 31.7 Å². The Bertz CT molecular complexity index is 1560. The molecule has 41 heavy (non-hydrogen) atoms. The highest BCUT2D eigenvalue weighted by Gasteiger charge is 2.56. The minimum absolute atomic E-state index is 0.0483. The fourth-order valence-electron chi connectivity index (χ4n) is 6.04. The highest BCUT2D eigenvalue weighted by Crippen LogP contribution is 2.54. The Morgan fingerprint density at radius 2 is 1.80 bits per heavy atom. The van der Waals surface area contributed by atoms with Crippen LogP contribution in [0.25, 0.3) is 0 Å². The van der Waals surface area contributed by atoms with Gasteiger partial charge in [0.05, 0.1) is 7.11 Å². The van der Waals surface area contributed by atoms with E-state index in [0.717, 1.165) is 35.6 Å². The molecule has 3 aromatic rings. The van der Waals surface area contributed by atoms with Crippen molar-refractivity contribution in [1.29, 1.82) is 0 Å². The molecule has 3 aliphatic rings. The van der Waals surface area contributed by atoms with E-state index in [-0.39, 0.29) is 22.7 Å². The van der Waals surface area contributed by atoms with Crippen LogP contribution in [-0.4, -0.2) is 22.1 Å². The van der Waals surface area contributed by atoms with Gasteiger partial charge in [-0.05, 0) is 86.3 Å². The minimum Gasteiger partial charge on any atom is -0.497 e. The van der Waals surface area contributed by atoms with Crippen molar-refractivity contribution >= 4 is 10.1 Å². The van der Waals surface area contributed by atoms with Gasteiger partial charge < -0.3 is 13.7 Å². The van der Waals surface area contributed by atoms with Gasteiger partial charge in [0.15, 0.2) is 11.4 Å². The molecule has 0 radical (unpaired) electrons. The zero-order valence-electron chi connectivity index (χ0n) is 24.2. The van der Waals surface area contributed by atoms with Gasteiger partial charge in [-0.15, -0.1) is 0 Å². The summed E-state index contributed by atoms with van der Waals surface area (Å²) in [5.74, 6) is 2.12. The molecule has 0 amide bonds. The van der Waals surface area contributed by atoms with Crippen LogP contribution in [0.5, 0.6) is 17.2 Å². The second-order valence-electron chi connectivity index (χ2n) is 12.1. The topological polar surface area (TPSA) is 92.3 Å². The lowest BCUT2D eigenvalue weighted by molar-refractivity contribution is -0.127. The molecule has 6 rings (SSSR count). The molecule has 2 heterocycles. The average Bonchev–Trinajstić information content (AvgIpc) is 3.72. The van der Waals surface area contributed by atoms with Gasteiger partial charge in [-0.1, -0.05) is 49.3 Å². The molecule has 0 aromatic heterocycles. The summed E-state index contributed by atoms with van der Waals surface area (Å²) in [4.78, 5) is 12.1. The summed E-state index contributed by atoms with van der Waals surface area (Å²) in [6.45, 7) is 8.81. The van der Waals surface area contributed by atoms with E-state index in [1.807, 2.05) is 13.0 Å². The van der Waals surface area contributed by atoms with Gasteiger partial charge in [-0.2, -0.15) is 8.42 Å². The second-order valence-corrected chi connectivity index (χ2v) is 13.7. The molecule has 9 heteroatoms. The Kier molecular flexibility index (Phi) is 7.05. The number of nitrogens with one attached hydrogen (secondary N) is 1. The molecule has 2 fully saturated rings. The van der Waals surface area contributed by atoms with Crippen LogP contribution in [-0.2, 0) is 31.8 Å². The van der Waals surface area contributed by atoms with Crippen LogP contribution in [0, 0.1) is 25.2 Å². The third-order valence-corrected chi connectivity index (χ3v) is 10.2. The van der Waals surface area contributed by atoms with Crippen molar-refractivity contribution in [1.82, 2.24) is 5.64 Å². The van der Waals surface area contributed by atoms with Crippen molar-refractivity contribution in [3.63, 3.8) is 0 Å². The monoisotopic (exact) mass is 579 g/mol. The number of aryl methyl sites for hydroxylation is 2. The Balaban J connectivity index is 1.38.